The normalized spacial score (nSPS) is 17.0. The zero-order chi connectivity index (χ0) is 26.4. The number of nitrogens with zero attached hydrogens (tertiary/aromatic N) is 9. The van der Waals surface area contributed by atoms with Gasteiger partial charge in [-0.2, -0.15) is 14.3 Å². The first-order valence-electron chi connectivity index (χ1n) is 13.1. The lowest BCUT2D eigenvalue weighted by molar-refractivity contribution is 0.270. The Kier molecular flexibility index (Phi) is 6.26. The van der Waals surface area contributed by atoms with Crippen LogP contribution in [0.1, 0.15) is 39.7 Å². The van der Waals surface area contributed by atoms with Crippen LogP contribution in [0.2, 0.25) is 0 Å². The van der Waals surface area contributed by atoms with Crippen molar-refractivity contribution in [1.29, 1.82) is 0 Å². The quantitative estimate of drug-likeness (QED) is 0.359. The van der Waals surface area contributed by atoms with E-state index in [-0.39, 0.29) is 11.3 Å². The van der Waals surface area contributed by atoms with E-state index < -0.39 is 10.0 Å². The summed E-state index contributed by atoms with van der Waals surface area (Å²) in [5.74, 6) is 2.55. The van der Waals surface area contributed by atoms with Crippen molar-refractivity contribution in [3.63, 3.8) is 0 Å². The fraction of sp³-hybridized carbons (Fsp3) is 0.480. The molecule has 1 aliphatic heterocycles. The summed E-state index contributed by atoms with van der Waals surface area (Å²) in [5, 5.41) is 13.0. The Morgan fingerprint density at radius 1 is 1.08 bits per heavy atom. The minimum atomic E-state index is -3.44. The molecule has 1 saturated heterocycles. The van der Waals surface area contributed by atoms with Crippen LogP contribution in [0.5, 0.6) is 0 Å². The summed E-state index contributed by atoms with van der Waals surface area (Å²) in [6.07, 6.45) is 7.81. The van der Waals surface area contributed by atoms with E-state index in [1.54, 1.807) is 12.3 Å². The van der Waals surface area contributed by atoms with Gasteiger partial charge in [0.2, 0.25) is 0 Å². The molecule has 6 rings (SSSR count). The molecule has 0 bridgehead atoms. The van der Waals surface area contributed by atoms with E-state index >= 15 is 0 Å². The zero-order valence-corrected chi connectivity index (χ0v) is 22.6. The highest BCUT2D eigenvalue weighted by atomic mass is 32.2. The number of fused-ring (bicyclic) bond motifs is 1. The maximum Gasteiger partial charge on any atom is 0.256 e. The first kappa shape index (κ1) is 24.7. The molecule has 1 N–H and O–H groups in total. The van der Waals surface area contributed by atoms with Crippen molar-refractivity contribution in [2.75, 3.05) is 42.9 Å². The molecular weight excluding hydrogens is 504 g/mol. The van der Waals surface area contributed by atoms with E-state index in [4.69, 9.17) is 5.10 Å². The van der Waals surface area contributed by atoms with Gasteiger partial charge in [0.25, 0.3) is 10.0 Å². The summed E-state index contributed by atoms with van der Waals surface area (Å²) in [5.41, 5.74) is 1.54. The number of anilines is 3. The highest BCUT2D eigenvalue weighted by Gasteiger charge is 2.37. The number of hydrogen-bond acceptors (Lipinski definition) is 10. The number of hydrogen-bond donors (Lipinski definition) is 1. The number of piperazine rings is 1. The van der Waals surface area contributed by atoms with Crippen LogP contribution in [0.4, 0.5) is 17.5 Å². The predicted octanol–water partition coefficient (Wildman–Crippen LogP) is 2.89. The third-order valence-electron chi connectivity index (χ3n) is 7.12. The molecule has 200 valence electrons. The van der Waals surface area contributed by atoms with Crippen LogP contribution in [0, 0.1) is 0 Å². The van der Waals surface area contributed by atoms with Crippen molar-refractivity contribution in [1.82, 2.24) is 38.8 Å². The molecule has 0 aromatic carbocycles. The Labute approximate surface area is 221 Å². The van der Waals surface area contributed by atoms with Crippen LogP contribution in [0.25, 0.3) is 22.3 Å². The number of rotatable bonds is 8. The Morgan fingerprint density at radius 3 is 2.58 bits per heavy atom. The highest BCUT2D eigenvalue weighted by Crippen LogP contribution is 2.32. The van der Waals surface area contributed by atoms with Gasteiger partial charge in [-0.05, 0) is 39.3 Å². The smallest absolute Gasteiger partial charge is 0.256 e. The molecule has 38 heavy (non-hydrogen) atoms. The van der Waals surface area contributed by atoms with Crippen molar-refractivity contribution in [3.05, 3.63) is 36.9 Å². The van der Waals surface area contributed by atoms with Gasteiger partial charge in [-0.25, -0.2) is 23.4 Å². The Morgan fingerprint density at radius 2 is 1.87 bits per heavy atom. The van der Waals surface area contributed by atoms with E-state index in [0.717, 1.165) is 53.5 Å². The second kappa shape index (κ2) is 9.62. The molecule has 0 amide bonds. The van der Waals surface area contributed by atoms with E-state index in [2.05, 4.69) is 55.9 Å². The van der Waals surface area contributed by atoms with Crippen molar-refractivity contribution in [3.8, 4) is 11.4 Å². The Balaban J connectivity index is 1.26. The van der Waals surface area contributed by atoms with E-state index in [9.17, 15) is 8.42 Å². The molecule has 12 nitrogen and oxygen atoms in total. The van der Waals surface area contributed by atoms with Crippen molar-refractivity contribution in [2.45, 2.75) is 44.9 Å². The van der Waals surface area contributed by atoms with Gasteiger partial charge < -0.3 is 15.1 Å². The molecule has 0 unspecified atom stereocenters. The molecule has 1 aliphatic carbocycles. The van der Waals surface area contributed by atoms with Crippen LogP contribution in [0.3, 0.4) is 0 Å². The summed E-state index contributed by atoms with van der Waals surface area (Å²) in [6.45, 7) is 11.5. The SMILES string of the molecule is CCN1CCN(c2nn(C(C)C)c3cc(Nc4ccnc(-c5cnn(S(=O)(=O)C6CC6)c5)n4)ncc23)CC1. The Bertz CT molecular complexity index is 1570. The molecule has 2 fully saturated rings. The monoisotopic (exact) mass is 536 g/mol. The van der Waals surface area contributed by atoms with Gasteiger partial charge in [0.15, 0.2) is 11.6 Å². The topological polar surface area (TPSA) is 127 Å². The molecule has 0 radical (unpaired) electrons. The average molecular weight is 537 g/mol. The molecule has 1 saturated carbocycles. The molecule has 2 aliphatic rings. The van der Waals surface area contributed by atoms with Gasteiger partial charge in [-0.15, -0.1) is 0 Å². The van der Waals surface area contributed by atoms with Gasteiger partial charge in [0.1, 0.15) is 11.6 Å². The van der Waals surface area contributed by atoms with E-state index in [1.807, 2.05) is 16.9 Å². The third kappa shape index (κ3) is 4.60. The van der Waals surface area contributed by atoms with Gasteiger partial charge in [0.05, 0.1) is 34.1 Å². The number of likely N-dealkylation sites (N-methyl/N-ethyl adjacent to an activating group) is 1. The fourth-order valence-electron chi connectivity index (χ4n) is 4.76. The van der Waals surface area contributed by atoms with Crippen LogP contribution in [0.15, 0.2) is 36.9 Å². The van der Waals surface area contributed by atoms with E-state index in [0.29, 0.717) is 35.9 Å². The van der Waals surface area contributed by atoms with Crippen molar-refractivity contribution in [2.24, 2.45) is 0 Å². The summed E-state index contributed by atoms with van der Waals surface area (Å²) in [7, 11) is -3.44. The average Bonchev–Trinajstić information content (AvgIpc) is 3.54. The number of aromatic nitrogens is 7. The number of nitrogens with one attached hydrogen (secondary N) is 1. The minimum absolute atomic E-state index is 0.188. The largest absolute Gasteiger partial charge is 0.352 e. The molecular formula is C25H32N10O2S. The lowest BCUT2D eigenvalue weighted by Crippen LogP contribution is -2.46. The lowest BCUT2D eigenvalue weighted by atomic mass is 10.2. The third-order valence-corrected chi connectivity index (χ3v) is 9.15. The maximum absolute atomic E-state index is 12.5. The highest BCUT2D eigenvalue weighted by molar-refractivity contribution is 7.90. The summed E-state index contributed by atoms with van der Waals surface area (Å²) in [4.78, 5) is 18.4. The summed E-state index contributed by atoms with van der Waals surface area (Å²) < 4.78 is 28.1. The van der Waals surface area contributed by atoms with Crippen molar-refractivity contribution < 1.29 is 8.42 Å². The van der Waals surface area contributed by atoms with Crippen LogP contribution >= 0.6 is 0 Å². The lowest BCUT2D eigenvalue weighted by Gasteiger charge is -2.34. The standard InChI is InChI=1S/C25H32N10O2S/c1-4-32-9-11-33(12-10-32)25-20-15-27-23(13-21(20)35(31-25)17(2)3)29-22-7-8-26-24(30-22)18-14-28-34(16-18)38(36,37)19-5-6-19/h7-8,13-17,19H,4-6,9-12H2,1-3H3,(H,26,27,29,30). The second-order valence-electron chi connectivity index (χ2n) is 10.1. The first-order valence-corrected chi connectivity index (χ1v) is 14.6. The molecule has 0 spiro atoms. The van der Waals surface area contributed by atoms with Gasteiger partial charge in [0, 0.05) is 50.7 Å². The molecule has 0 atom stereocenters. The van der Waals surface area contributed by atoms with Crippen LogP contribution in [-0.4, -0.2) is 85.2 Å². The zero-order valence-electron chi connectivity index (χ0n) is 21.8. The van der Waals surface area contributed by atoms with Crippen LogP contribution < -0.4 is 10.2 Å². The first-order chi connectivity index (χ1) is 18.3. The molecule has 5 heterocycles. The van der Waals surface area contributed by atoms with E-state index in [1.165, 1.54) is 12.4 Å². The molecule has 4 aromatic rings. The maximum atomic E-state index is 12.5. The second-order valence-corrected chi connectivity index (χ2v) is 12.2. The molecule has 4 aromatic heterocycles. The van der Waals surface area contributed by atoms with Crippen molar-refractivity contribution >= 4 is 38.4 Å². The fourth-order valence-corrected chi connectivity index (χ4v) is 6.24. The van der Waals surface area contributed by atoms with Gasteiger partial charge in [-0.3, -0.25) is 4.68 Å². The Hall–Kier alpha value is -3.58. The molecule has 13 heteroatoms. The summed E-state index contributed by atoms with van der Waals surface area (Å²) in [6, 6.07) is 3.93. The predicted molar refractivity (Wildman–Crippen MR) is 146 cm³/mol. The van der Waals surface area contributed by atoms with Crippen LogP contribution in [-0.2, 0) is 10.0 Å². The number of pyridine rings is 1. The van der Waals surface area contributed by atoms with Gasteiger partial charge >= 0.3 is 0 Å². The van der Waals surface area contributed by atoms with Gasteiger partial charge in [-0.1, -0.05) is 6.92 Å². The summed E-state index contributed by atoms with van der Waals surface area (Å²) >= 11 is 0. The minimum Gasteiger partial charge on any atom is -0.352 e.